The highest BCUT2D eigenvalue weighted by Gasteiger charge is 2.31. The molecule has 1 unspecified atom stereocenters. The number of rotatable bonds is 4. The van der Waals surface area contributed by atoms with E-state index in [0.717, 1.165) is 6.20 Å². The van der Waals surface area contributed by atoms with E-state index in [1.807, 2.05) is 0 Å². The standard InChI is InChI=1S/C13H12F3N3O2/c1-8(6-13(14,15)16)18-12-9-4-2-3-5-10(9)17-7-11(12)19(20)21/h2-5,7-8H,6H2,1H3,(H,17,18). The molecule has 8 heteroatoms. The predicted octanol–water partition coefficient (Wildman–Crippen LogP) is 3.90. The van der Waals surface area contributed by atoms with Crippen LogP contribution in [-0.2, 0) is 0 Å². The number of fused-ring (bicyclic) bond motifs is 1. The number of para-hydroxylation sites is 1. The molecule has 0 aliphatic rings. The third kappa shape index (κ3) is 3.59. The minimum Gasteiger partial charge on any atom is -0.376 e. The molecule has 0 amide bonds. The van der Waals surface area contributed by atoms with E-state index in [2.05, 4.69) is 10.3 Å². The van der Waals surface area contributed by atoms with Crippen LogP contribution in [-0.4, -0.2) is 22.1 Å². The topological polar surface area (TPSA) is 68.1 Å². The van der Waals surface area contributed by atoms with Crippen molar-refractivity contribution in [2.24, 2.45) is 0 Å². The van der Waals surface area contributed by atoms with E-state index < -0.39 is 23.6 Å². The number of hydrogen-bond donors (Lipinski definition) is 1. The Hall–Kier alpha value is -2.38. The van der Waals surface area contributed by atoms with Gasteiger partial charge in [0.1, 0.15) is 11.9 Å². The number of nitro groups is 1. The molecular weight excluding hydrogens is 287 g/mol. The number of pyridine rings is 1. The van der Waals surface area contributed by atoms with Gasteiger partial charge >= 0.3 is 11.9 Å². The zero-order valence-electron chi connectivity index (χ0n) is 11.0. The molecular formula is C13H12F3N3O2. The average Bonchev–Trinajstić information content (AvgIpc) is 2.36. The monoisotopic (exact) mass is 299 g/mol. The molecule has 1 N–H and O–H groups in total. The van der Waals surface area contributed by atoms with Gasteiger partial charge < -0.3 is 5.32 Å². The second kappa shape index (κ2) is 5.55. The van der Waals surface area contributed by atoms with Crippen LogP contribution in [0.2, 0.25) is 0 Å². The Morgan fingerprint density at radius 1 is 1.38 bits per heavy atom. The third-order valence-corrected chi connectivity index (χ3v) is 2.88. The zero-order chi connectivity index (χ0) is 15.6. The molecule has 0 aliphatic heterocycles. The Labute approximate surface area is 117 Å². The van der Waals surface area contributed by atoms with Crippen LogP contribution in [0.15, 0.2) is 30.5 Å². The van der Waals surface area contributed by atoms with Crippen molar-refractivity contribution in [3.63, 3.8) is 0 Å². The van der Waals surface area contributed by atoms with E-state index in [9.17, 15) is 23.3 Å². The summed E-state index contributed by atoms with van der Waals surface area (Å²) in [5.74, 6) is 0. The van der Waals surface area contributed by atoms with Crippen molar-refractivity contribution < 1.29 is 18.1 Å². The Balaban J connectivity index is 2.44. The quantitative estimate of drug-likeness (QED) is 0.687. The van der Waals surface area contributed by atoms with Gasteiger partial charge in [0.05, 0.1) is 16.9 Å². The molecule has 0 saturated heterocycles. The van der Waals surface area contributed by atoms with E-state index in [0.29, 0.717) is 10.9 Å². The van der Waals surface area contributed by atoms with Crippen molar-refractivity contribution in [1.29, 1.82) is 0 Å². The van der Waals surface area contributed by atoms with E-state index in [-0.39, 0.29) is 11.4 Å². The second-order valence-corrected chi connectivity index (χ2v) is 4.66. The fraction of sp³-hybridized carbons (Fsp3) is 0.308. The summed E-state index contributed by atoms with van der Waals surface area (Å²) >= 11 is 0. The van der Waals surface area contributed by atoms with Gasteiger partial charge in [0, 0.05) is 11.4 Å². The van der Waals surface area contributed by atoms with Crippen LogP contribution in [0.25, 0.3) is 10.9 Å². The Kier molecular flexibility index (Phi) is 3.97. The number of benzene rings is 1. The van der Waals surface area contributed by atoms with Crippen molar-refractivity contribution in [1.82, 2.24) is 4.98 Å². The highest BCUT2D eigenvalue weighted by atomic mass is 19.4. The highest BCUT2D eigenvalue weighted by Crippen LogP contribution is 2.33. The molecule has 0 spiro atoms. The summed E-state index contributed by atoms with van der Waals surface area (Å²) in [4.78, 5) is 14.3. The van der Waals surface area contributed by atoms with Crippen LogP contribution < -0.4 is 5.32 Å². The van der Waals surface area contributed by atoms with Crippen LogP contribution in [0, 0.1) is 10.1 Å². The number of halogens is 3. The van der Waals surface area contributed by atoms with Gasteiger partial charge in [-0.25, -0.2) is 4.98 Å². The maximum absolute atomic E-state index is 12.4. The molecule has 0 saturated carbocycles. The molecule has 1 heterocycles. The smallest absolute Gasteiger partial charge is 0.376 e. The molecule has 2 aromatic rings. The lowest BCUT2D eigenvalue weighted by Gasteiger charge is -2.18. The number of nitrogens with zero attached hydrogens (tertiary/aromatic N) is 2. The molecule has 0 radical (unpaired) electrons. The average molecular weight is 299 g/mol. The van der Waals surface area contributed by atoms with Crippen molar-refractivity contribution >= 4 is 22.3 Å². The normalized spacial score (nSPS) is 13.1. The number of hydrogen-bond acceptors (Lipinski definition) is 4. The van der Waals surface area contributed by atoms with Crippen LogP contribution in [0.3, 0.4) is 0 Å². The summed E-state index contributed by atoms with van der Waals surface area (Å²) in [5.41, 5.74) is 0.190. The summed E-state index contributed by atoms with van der Waals surface area (Å²) in [6.07, 6.45) is -4.38. The molecule has 1 aromatic heterocycles. The minimum atomic E-state index is -4.34. The number of alkyl halides is 3. The van der Waals surface area contributed by atoms with Gasteiger partial charge in [0.15, 0.2) is 0 Å². The SMILES string of the molecule is CC(CC(F)(F)F)Nc1c([N+](=O)[O-])cnc2ccccc12. The molecule has 1 atom stereocenters. The second-order valence-electron chi connectivity index (χ2n) is 4.66. The van der Waals surface area contributed by atoms with Gasteiger partial charge in [0.25, 0.3) is 0 Å². The summed E-state index contributed by atoms with van der Waals surface area (Å²) in [7, 11) is 0. The summed E-state index contributed by atoms with van der Waals surface area (Å²) < 4.78 is 37.2. The lowest BCUT2D eigenvalue weighted by molar-refractivity contribution is -0.384. The molecule has 0 aliphatic carbocycles. The number of aromatic nitrogens is 1. The first-order valence-electron chi connectivity index (χ1n) is 6.13. The van der Waals surface area contributed by atoms with Gasteiger partial charge in [-0.2, -0.15) is 13.2 Å². The Bertz CT molecular complexity index is 673. The summed E-state index contributed by atoms with van der Waals surface area (Å²) in [6.45, 7) is 1.33. The van der Waals surface area contributed by atoms with Crippen molar-refractivity contribution in [3.05, 3.63) is 40.6 Å². The highest BCUT2D eigenvalue weighted by molar-refractivity contribution is 5.95. The molecule has 112 valence electrons. The molecule has 0 bridgehead atoms. The fourth-order valence-corrected chi connectivity index (χ4v) is 2.07. The fourth-order valence-electron chi connectivity index (χ4n) is 2.07. The first kappa shape index (κ1) is 15.0. The predicted molar refractivity (Wildman–Crippen MR) is 72.2 cm³/mol. The molecule has 1 aromatic carbocycles. The van der Waals surface area contributed by atoms with Crippen LogP contribution in [0.1, 0.15) is 13.3 Å². The molecule has 5 nitrogen and oxygen atoms in total. The maximum Gasteiger partial charge on any atom is 0.391 e. The lowest BCUT2D eigenvalue weighted by atomic mass is 10.1. The van der Waals surface area contributed by atoms with Crippen LogP contribution in [0.4, 0.5) is 24.5 Å². The number of anilines is 1. The van der Waals surface area contributed by atoms with Gasteiger partial charge in [-0.3, -0.25) is 10.1 Å². The summed E-state index contributed by atoms with van der Waals surface area (Å²) in [6, 6.07) is 5.57. The van der Waals surface area contributed by atoms with Gasteiger partial charge in [-0.05, 0) is 13.0 Å². The Morgan fingerprint density at radius 3 is 2.67 bits per heavy atom. The first-order valence-corrected chi connectivity index (χ1v) is 6.13. The van der Waals surface area contributed by atoms with E-state index in [4.69, 9.17) is 0 Å². The molecule has 21 heavy (non-hydrogen) atoms. The minimum absolute atomic E-state index is 0.0577. The third-order valence-electron chi connectivity index (χ3n) is 2.88. The first-order chi connectivity index (χ1) is 9.78. The Morgan fingerprint density at radius 2 is 2.05 bits per heavy atom. The van der Waals surface area contributed by atoms with Crippen molar-refractivity contribution in [2.45, 2.75) is 25.6 Å². The maximum atomic E-state index is 12.4. The van der Waals surface area contributed by atoms with Crippen LogP contribution in [0.5, 0.6) is 0 Å². The molecule has 0 fully saturated rings. The lowest BCUT2D eigenvalue weighted by Crippen LogP contribution is -2.24. The van der Waals surface area contributed by atoms with Gasteiger partial charge in [-0.15, -0.1) is 0 Å². The number of nitrogens with one attached hydrogen (secondary N) is 1. The van der Waals surface area contributed by atoms with E-state index >= 15 is 0 Å². The zero-order valence-corrected chi connectivity index (χ0v) is 11.0. The largest absolute Gasteiger partial charge is 0.391 e. The van der Waals surface area contributed by atoms with E-state index in [1.54, 1.807) is 24.3 Å². The van der Waals surface area contributed by atoms with Gasteiger partial charge in [-0.1, -0.05) is 18.2 Å². The van der Waals surface area contributed by atoms with E-state index in [1.165, 1.54) is 6.92 Å². The van der Waals surface area contributed by atoms with Crippen molar-refractivity contribution in [2.75, 3.05) is 5.32 Å². The summed E-state index contributed by atoms with van der Waals surface area (Å²) in [5, 5.41) is 14.0. The van der Waals surface area contributed by atoms with Gasteiger partial charge in [0.2, 0.25) is 0 Å². The van der Waals surface area contributed by atoms with Crippen LogP contribution >= 0.6 is 0 Å². The van der Waals surface area contributed by atoms with Crippen molar-refractivity contribution in [3.8, 4) is 0 Å². The molecule has 2 rings (SSSR count).